The summed E-state index contributed by atoms with van der Waals surface area (Å²) >= 11 is 0. The Kier molecular flexibility index (Phi) is 6.35. The summed E-state index contributed by atoms with van der Waals surface area (Å²) in [4.78, 5) is 30.0. The van der Waals surface area contributed by atoms with Gasteiger partial charge in [-0.05, 0) is 42.7 Å². The van der Waals surface area contributed by atoms with Crippen molar-refractivity contribution >= 4 is 22.6 Å². The van der Waals surface area contributed by atoms with E-state index < -0.39 is 5.82 Å². The van der Waals surface area contributed by atoms with Gasteiger partial charge < -0.3 is 10.6 Å². The van der Waals surface area contributed by atoms with Gasteiger partial charge in [-0.1, -0.05) is 19.4 Å². The van der Waals surface area contributed by atoms with E-state index in [1.54, 1.807) is 6.07 Å². The molecule has 178 valence electrons. The van der Waals surface area contributed by atoms with Crippen LogP contribution in [-0.2, 0) is 0 Å². The number of nitrogens with zero attached hydrogens (tertiary/aromatic N) is 4. The molecule has 0 spiro atoms. The minimum atomic E-state index is -0.465. The van der Waals surface area contributed by atoms with E-state index in [1.165, 1.54) is 51.0 Å². The van der Waals surface area contributed by atoms with Gasteiger partial charge in [0.25, 0.3) is 5.91 Å². The van der Waals surface area contributed by atoms with Crippen LogP contribution in [0.1, 0.15) is 59.6 Å². The highest BCUT2D eigenvalue weighted by atomic mass is 19.1. The molecule has 5 rings (SSSR count). The van der Waals surface area contributed by atoms with Crippen LogP contribution >= 0.6 is 0 Å². The zero-order valence-corrected chi connectivity index (χ0v) is 19.8. The Labute approximate surface area is 203 Å². The predicted octanol–water partition coefficient (Wildman–Crippen LogP) is 5.07. The maximum atomic E-state index is 14.7. The molecular formula is C27H27FN6O. The first kappa shape index (κ1) is 22.8. The number of pyridine rings is 2. The largest absolute Gasteiger partial charge is 0.369 e. The summed E-state index contributed by atoms with van der Waals surface area (Å²) in [6.07, 6.45) is 8.68. The first-order valence-electron chi connectivity index (χ1n) is 11.9. The summed E-state index contributed by atoms with van der Waals surface area (Å²) in [5, 5.41) is 6.16. The van der Waals surface area contributed by atoms with Crippen LogP contribution in [0.3, 0.4) is 0 Å². The lowest BCUT2D eigenvalue weighted by Gasteiger charge is -2.24. The van der Waals surface area contributed by atoms with Gasteiger partial charge in [-0.3, -0.25) is 14.8 Å². The van der Waals surface area contributed by atoms with E-state index >= 15 is 0 Å². The van der Waals surface area contributed by atoms with Crippen LogP contribution in [0.15, 0.2) is 55.1 Å². The van der Waals surface area contributed by atoms with Crippen LogP contribution in [0.2, 0.25) is 0 Å². The van der Waals surface area contributed by atoms with Crippen LogP contribution < -0.4 is 10.6 Å². The summed E-state index contributed by atoms with van der Waals surface area (Å²) in [6, 6.07) is 10.7. The van der Waals surface area contributed by atoms with E-state index in [1.807, 2.05) is 19.2 Å². The number of amides is 1. The molecule has 3 heterocycles. The van der Waals surface area contributed by atoms with Gasteiger partial charge in [-0.2, -0.15) is 0 Å². The number of carbonyl (C=O) groups is 1. The molecule has 0 unspecified atom stereocenters. The molecule has 35 heavy (non-hydrogen) atoms. The molecule has 0 bridgehead atoms. The van der Waals surface area contributed by atoms with E-state index in [-0.39, 0.29) is 22.8 Å². The molecule has 0 aliphatic heterocycles. The Morgan fingerprint density at radius 1 is 1.11 bits per heavy atom. The average molecular weight is 471 g/mol. The summed E-state index contributed by atoms with van der Waals surface area (Å²) in [5.74, 6) is 0.455. The van der Waals surface area contributed by atoms with Gasteiger partial charge in [-0.15, -0.1) is 0 Å². The molecule has 1 fully saturated rings. The average Bonchev–Trinajstić information content (AvgIpc) is 2.86. The molecule has 3 aromatic heterocycles. The normalized spacial score (nSPS) is 14.4. The lowest BCUT2D eigenvalue weighted by atomic mass is 9.82. The molecule has 1 aliphatic rings. The van der Waals surface area contributed by atoms with Crippen molar-refractivity contribution in [3.8, 4) is 11.3 Å². The third-order valence-corrected chi connectivity index (χ3v) is 6.74. The minimum Gasteiger partial charge on any atom is -0.369 e. The highest BCUT2D eigenvalue weighted by molar-refractivity contribution is 6.06. The fraction of sp³-hybridized carbons (Fsp3) is 0.296. The first-order chi connectivity index (χ1) is 17.0. The number of rotatable bonds is 7. The predicted molar refractivity (Wildman–Crippen MR) is 134 cm³/mol. The highest BCUT2D eigenvalue weighted by Crippen LogP contribution is 2.35. The zero-order chi connectivity index (χ0) is 24.4. The number of carbonyl (C=O) groups excluding carboxylic acids is 1. The Morgan fingerprint density at radius 3 is 2.69 bits per heavy atom. The van der Waals surface area contributed by atoms with Crippen molar-refractivity contribution in [1.29, 1.82) is 0 Å². The fourth-order valence-corrected chi connectivity index (χ4v) is 4.45. The molecule has 1 atom stereocenters. The van der Waals surface area contributed by atoms with Crippen molar-refractivity contribution < 1.29 is 9.18 Å². The van der Waals surface area contributed by atoms with E-state index in [4.69, 9.17) is 0 Å². The summed E-state index contributed by atoms with van der Waals surface area (Å²) in [5.41, 5.74) is 4.51. The van der Waals surface area contributed by atoms with Crippen LogP contribution in [0.25, 0.3) is 22.2 Å². The van der Waals surface area contributed by atoms with E-state index in [2.05, 4.69) is 42.7 Å². The lowest BCUT2D eigenvalue weighted by Crippen LogP contribution is -2.19. The molecule has 0 saturated heterocycles. The standard InChI is InChI=1S/C27H27FN6O/c1-16(19-7-8-21(28)25-20(27(35)29-2)10-11-30-26(19)25)13-32-24-12-23(33-15-34-24)18-6-9-22(31-14-18)17-4-3-5-17/h6-12,14-17H,3-5,13H2,1-2H3,(H,29,35)(H,32,33,34)/t16-/m1/s1. The van der Waals surface area contributed by atoms with Gasteiger partial charge >= 0.3 is 0 Å². The lowest BCUT2D eigenvalue weighted by molar-refractivity contribution is 0.0964. The SMILES string of the molecule is CNC(=O)c1ccnc2c([C@H](C)CNc3cc(-c4ccc(C5CCC5)nc4)ncn3)ccc(F)c12. The molecule has 1 saturated carbocycles. The number of halogens is 1. The van der Waals surface area contributed by atoms with Crippen molar-refractivity contribution in [3.05, 3.63) is 77.8 Å². The van der Waals surface area contributed by atoms with E-state index in [0.717, 1.165) is 22.5 Å². The number of aromatic nitrogens is 4. The number of hydrogen-bond acceptors (Lipinski definition) is 6. The smallest absolute Gasteiger partial charge is 0.251 e. The van der Waals surface area contributed by atoms with Crippen molar-refractivity contribution in [3.63, 3.8) is 0 Å². The Balaban J connectivity index is 1.34. The van der Waals surface area contributed by atoms with Gasteiger partial charge in [0.1, 0.15) is 18.0 Å². The number of fused-ring (bicyclic) bond motifs is 1. The first-order valence-corrected chi connectivity index (χ1v) is 11.9. The van der Waals surface area contributed by atoms with Crippen LogP contribution in [0.4, 0.5) is 10.2 Å². The van der Waals surface area contributed by atoms with Gasteiger partial charge in [-0.25, -0.2) is 14.4 Å². The molecule has 2 N–H and O–H groups in total. The van der Waals surface area contributed by atoms with Crippen LogP contribution in [0, 0.1) is 5.82 Å². The Hall–Kier alpha value is -3.94. The van der Waals surface area contributed by atoms with Crippen molar-refractivity contribution in [2.24, 2.45) is 0 Å². The molecule has 4 aromatic rings. The molecule has 1 amide bonds. The Morgan fingerprint density at radius 2 is 1.97 bits per heavy atom. The van der Waals surface area contributed by atoms with Crippen LogP contribution in [0.5, 0.6) is 0 Å². The number of benzene rings is 1. The van der Waals surface area contributed by atoms with Gasteiger partial charge in [0.05, 0.1) is 16.8 Å². The van der Waals surface area contributed by atoms with Crippen molar-refractivity contribution in [1.82, 2.24) is 25.3 Å². The number of hydrogen-bond donors (Lipinski definition) is 2. The molecule has 7 nitrogen and oxygen atoms in total. The van der Waals surface area contributed by atoms with Crippen molar-refractivity contribution in [2.75, 3.05) is 18.9 Å². The number of nitrogens with one attached hydrogen (secondary N) is 2. The van der Waals surface area contributed by atoms with E-state index in [9.17, 15) is 9.18 Å². The number of anilines is 1. The van der Waals surface area contributed by atoms with Gasteiger partial charge in [0, 0.05) is 60.5 Å². The topological polar surface area (TPSA) is 92.7 Å². The summed E-state index contributed by atoms with van der Waals surface area (Å²) in [6.45, 7) is 2.57. The second kappa shape index (κ2) is 9.74. The Bertz CT molecular complexity index is 1370. The minimum absolute atomic E-state index is 0.0209. The molecule has 0 radical (unpaired) electrons. The summed E-state index contributed by atoms with van der Waals surface area (Å²) < 4.78 is 14.7. The van der Waals surface area contributed by atoms with Crippen molar-refractivity contribution in [2.45, 2.75) is 38.0 Å². The quantitative estimate of drug-likeness (QED) is 0.392. The molecular weight excluding hydrogens is 443 g/mol. The van der Waals surface area contributed by atoms with E-state index in [0.29, 0.717) is 23.8 Å². The second-order valence-electron chi connectivity index (χ2n) is 8.97. The third-order valence-electron chi connectivity index (χ3n) is 6.74. The maximum Gasteiger partial charge on any atom is 0.251 e. The summed E-state index contributed by atoms with van der Waals surface area (Å²) in [7, 11) is 1.53. The fourth-order valence-electron chi connectivity index (χ4n) is 4.45. The second-order valence-corrected chi connectivity index (χ2v) is 8.97. The molecule has 1 aromatic carbocycles. The molecule has 8 heteroatoms. The third kappa shape index (κ3) is 4.56. The van der Waals surface area contributed by atoms with Gasteiger partial charge in [0.2, 0.25) is 0 Å². The van der Waals surface area contributed by atoms with Crippen LogP contribution in [-0.4, -0.2) is 39.4 Å². The van der Waals surface area contributed by atoms with Gasteiger partial charge in [0.15, 0.2) is 0 Å². The monoisotopic (exact) mass is 470 g/mol. The maximum absolute atomic E-state index is 14.7. The molecule has 1 aliphatic carbocycles. The highest BCUT2D eigenvalue weighted by Gasteiger charge is 2.21. The zero-order valence-electron chi connectivity index (χ0n) is 19.8.